The van der Waals surface area contributed by atoms with Gasteiger partial charge in [-0.1, -0.05) is 31.9 Å². The summed E-state index contributed by atoms with van der Waals surface area (Å²) in [5, 5.41) is 6.11. The van der Waals surface area contributed by atoms with Crippen molar-refractivity contribution in [1.29, 1.82) is 0 Å². The summed E-state index contributed by atoms with van der Waals surface area (Å²) in [6, 6.07) is 4.49. The van der Waals surface area contributed by atoms with Crippen molar-refractivity contribution in [2.24, 2.45) is 5.92 Å². The molecule has 2 N–H and O–H groups in total. The highest BCUT2D eigenvalue weighted by molar-refractivity contribution is 5.97. The lowest BCUT2D eigenvalue weighted by atomic mass is 10.1. The van der Waals surface area contributed by atoms with Crippen molar-refractivity contribution in [2.45, 2.75) is 108 Å². The van der Waals surface area contributed by atoms with E-state index in [2.05, 4.69) is 22.5 Å². The number of ether oxygens (including phenoxy) is 5. The number of alkyl carbamates (subject to hydrolysis) is 1. The molecule has 282 valence electrons. The van der Waals surface area contributed by atoms with Gasteiger partial charge >= 0.3 is 18.0 Å². The number of carbonyl (C=O) groups is 5. The third kappa shape index (κ3) is 8.76. The summed E-state index contributed by atoms with van der Waals surface area (Å²) in [4.78, 5) is 72.2. The van der Waals surface area contributed by atoms with Crippen molar-refractivity contribution >= 4 is 40.7 Å². The molecule has 0 bridgehead atoms. The van der Waals surface area contributed by atoms with Gasteiger partial charge in [0, 0.05) is 29.9 Å². The van der Waals surface area contributed by atoms with Crippen molar-refractivity contribution in [3.8, 4) is 11.5 Å². The van der Waals surface area contributed by atoms with Gasteiger partial charge in [-0.25, -0.2) is 19.4 Å². The molecule has 14 heteroatoms. The maximum atomic E-state index is 14.1. The topological polar surface area (TPSA) is 172 Å². The lowest BCUT2D eigenvalue weighted by Gasteiger charge is -2.28. The molecule has 2 saturated carbocycles. The first kappa shape index (κ1) is 38.4. The van der Waals surface area contributed by atoms with E-state index in [4.69, 9.17) is 23.7 Å². The minimum absolute atomic E-state index is 0.000355. The summed E-state index contributed by atoms with van der Waals surface area (Å²) >= 11 is 0. The Morgan fingerprint density at radius 1 is 1.04 bits per heavy atom. The van der Waals surface area contributed by atoms with Crippen molar-refractivity contribution in [3.05, 3.63) is 42.1 Å². The molecule has 52 heavy (non-hydrogen) atoms. The SMILES string of the molecule is CCCCCC=CC1C[C@]1(NC(=O)[C@@H]1C[C@@H](Oc2cc(C(=O)OC)nc3cc(OC)ccc23)CN1C(=O)[C@H](C)NC(=O)OC1CCCC1)C(=O)OC. The van der Waals surface area contributed by atoms with Gasteiger partial charge in [-0.3, -0.25) is 9.59 Å². The van der Waals surface area contributed by atoms with Gasteiger partial charge < -0.3 is 39.2 Å². The maximum absolute atomic E-state index is 14.1. The Labute approximate surface area is 303 Å². The Morgan fingerprint density at radius 3 is 2.50 bits per heavy atom. The number of rotatable bonds is 15. The average Bonchev–Trinajstić information content (AvgIpc) is 3.42. The molecule has 0 radical (unpaired) electrons. The molecule has 1 aromatic heterocycles. The standard InChI is InChI=1S/C38H50N4O10/c1-6-7-8-9-10-13-24-21-38(24,36(46)50-5)41-33(43)31-19-27(22-42(31)34(44)23(2)39-37(47)52-25-14-11-12-15-25)51-32-20-30(35(45)49-4)40-29-18-26(48-3)16-17-28(29)32/h10,13,16-18,20,23-25,27,31H,6-9,11-12,14-15,19,21-22H2,1-5H3,(H,39,47)(H,41,43)/t23-,24?,27+,31-,38+/m0/s1. The summed E-state index contributed by atoms with van der Waals surface area (Å²) in [6.07, 6.45) is 10.3. The van der Waals surface area contributed by atoms with Crippen molar-refractivity contribution in [3.63, 3.8) is 0 Å². The molecule has 2 heterocycles. The molecule has 5 atom stereocenters. The number of benzene rings is 1. The normalized spacial score (nSPS) is 23.2. The third-order valence-corrected chi connectivity index (χ3v) is 10.0. The predicted octanol–water partition coefficient (Wildman–Crippen LogP) is 4.62. The van der Waals surface area contributed by atoms with Crippen LogP contribution in [0.2, 0.25) is 0 Å². The predicted molar refractivity (Wildman–Crippen MR) is 190 cm³/mol. The highest BCUT2D eigenvalue weighted by Crippen LogP contribution is 2.46. The number of carbonyl (C=O) groups excluding carboxylic acids is 5. The number of amides is 3. The lowest BCUT2D eigenvalue weighted by Crippen LogP contribution is -2.56. The quantitative estimate of drug-likeness (QED) is 0.114. The molecule has 14 nitrogen and oxygen atoms in total. The number of nitrogens with one attached hydrogen (secondary N) is 2. The average molecular weight is 723 g/mol. The largest absolute Gasteiger partial charge is 0.497 e. The van der Waals surface area contributed by atoms with E-state index < -0.39 is 53.6 Å². The number of aromatic nitrogens is 1. The summed E-state index contributed by atoms with van der Waals surface area (Å²) in [5.41, 5.74) is -0.843. The summed E-state index contributed by atoms with van der Waals surface area (Å²) in [5.74, 6) is -1.76. The highest BCUT2D eigenvalue weighted by atomic mass is 16.6. The number of allylic oxidation sites excluding steroid dienone is 1. The zero-order chi connectivity index (χ0) is 37.4. The van der Waals surface area contributed by atoms with Gasteiger partial charge in [0.15, 0.2) is 5.69 Å². The van der Waals surface area contributed by atoms with Crippen LogP contribution in [-0.4, -0.2) is 97.4 Å². The van der Waals surface area contributed by atoms with Crippen LogP contribution in [0.1, 0.15) is 88.5 Å². The monoisotopic (exact) mass is 722 g/mol. The van der Waals surface area contributed by atoms with E-state index in [9.17, 15) is 24.0 Å². The van der Waals surface area contributed by atoms with Crippen LogP contribution in [-0.2, 0) is 28.6 Å². The van der Waals surface area contributed by atoms with Crippen LogP contribution in [0.4, 0.5) is 4.79 Å². The van der Waals surface area contributed by atoms with E-state index in [0.717, 1.165) is 51.4 Å². The van der Waals surface area contributed by atoms with Crippen LogP contribution in [0.25, 0.3) is 10.9 Å². The van der Waals surface area contributed by atoms with Gasteiger partial charge in [0.1, 0.15) is 41.3 Å². The molecule has 1 aliphatic heterocycles. The molecule has 5 rings (SSSR count). The molecular formula is C38H50N4O10. The van der Waals surface area contributed by atoms with E-state index >= 15 is 0 Å². The highest BCUT2D eigenvalue weighted by Gasteiger charge is 2.62. The molecule has 3 amide bonds. The molecule has 3 fully saturated rings. The number of hydrogen-bond donors (Lipinski definition) is 2. The Bertz CT molecular complexity index is 1670. The minimum atomic E-state index is -1.26. The Hall–Kier alpha value is -4.88. The van der Waals surface area contributed by atoms with Crippen LogP contribution in [0.5, 0.6) is 11.5 Å². The zero-order valence-electron chi connectivity index (χ0n) is 30.6. The first-order chi connectivity index (χ1) is 25.0. The number of hydrogen-bond acceptors (Lipinski definition) is 11. The zero-order valence-corrected chi connectivity index (χ0v) is 30.6. The number of pyridine rings is 1. The van der Waals surface area contributed by atoms with Gasteiger partial charge in [-0.15, -0.1) is 0 Å². The van der Waals surface area contributed by atoms with Crippen molar-refractivity contribution in [1.82, 2.24) is 20.5 Å². The van der Waals surface area contributed by atoms with E-state index in [1.807, 2.05) is 12.2 Å². The third-order valence-electron chi connectivity index (χ3n) is 10.0. The Kier molecular flexibility index (Phi) is 12.6. The van der Waals surface area contributed by atoms with Crippen LogP contribution in [0, 0.1) is 5.92 Å². The van der Waals surface area contributed by atoms with Crippen LogP contribution >= 0.6 is 0 Å². The molecular weight excluding hydrogens is 672 g/mol. The van der Waals surface area contributed by atoms with Crippen LogP contribution in [0.3, 0.4) is 0 Å². The fourth-order valence-electron chi connectivity index (χ4n) is 7.05. The lowest BCUT2D eigenvalue weighted by molar-refractivity contribution is -0.148. The maximum Gasteiger partial charge on any atom is 0.408 e. The first-order valence-corrected chi connectivity index (χ1v) is 18.1. The van der Waals surface area contributed by atoms with Crippen molar-refractivity contribution < 1.29 is 47.7 Å². The van der Waals surface area contributed by atoms with Gasteiger partial charge in [0.05, 0.1) is 33.4 Å². The van der Waals surface area contributed by atoms with E-state index in [-0.39, 0.29) is 30.7 Å². The van der Waals surface area contributed by atoms with Gasteiger partial charge in [-0.2, -0.15) is 0 Å². The second-order valence-electron chi connectivity index (χ2n) is 13.7. The first-order valence-electron chi connectivity index (χ1n) is 18.1. The summed E-state index contributed by atoms with van der Waals surface area (Å²) in [6.45, 7) is 3.63. The number of methoxy groups -OCH3 is 3. The van der Waals surface area contributed by atoms with Gasteiger partial charge in [-0.05, 0) is 64.0 Å². The molecule has 2 aromatic rings. The number of fused-ring (bicyclic) bond motifs is 1. The van der Waals surface area contributed by atoms with Gasteiger partial charge in [0.25, 0.3) is 0 Å². The molecule has 1 saturated heterocycles. The summed E-state index contributed by atoms with van der Waals surface area (Å²) < 4.78 is 27.3. The number of likely N-dealkylation sites (tertiary alicyclic amines) is 1. The number of esters is 2. The van der Waals surface area contributed by atoms with Gasteiger partial charge in [0.2, 0.25) is 11.8 Å². The number of unbranched alkanes of at least 4 members (excludes halogenated alkanes) is 3. The second-order valence-corrected chi connectivity index (χ2v) is 13.7. The Morgan fingerprint density at radius 2 is 1.81 bits per heavy atom. The smallest absolute Gasteiger partial charge is 0.408 e. The van der Waals surface area contributed by atoms with E-state index in [0.29, 0.717) is 28.8 Å². The van der Waals surface area contributed by atoms with E-state index in [1.165, 1.54) is 39.2 Å². The van der Waals surface area contributed by atoms with Crippen molar-refractivity contribution in [2.75, 3.05) is 27.9 Å². The molecule has 0 spiro atoms. The Balaban J connectivity index is 1.39. The van der Waals surface area contributed by atoms with E-state index in [1.54, 1.807) is 18.2 Å². The molecule has 1 unspecified atom stereocenters. The molecule has 3 aliphatic rings. The number of nitrogens with zero attached hydrogens (tertiary/aromatic N) is 2. The fraction of sp³-hybridized carbons (Fsp3) is 0.579. The van der Waals surface area contributed by atoms with Crippen LogP contribution in [0.15, 0.2) is 36.4 Å². The molecule has 1 aromatic carbocycles. The molecule has 2 aliphatic carbocycles. The summed E-state index contributed by atoms with van der Waals surface area (Å²) in [7, 11) is 4.04. The minimum Gasteiger partial charge on any atom is -0.497 e. The second kappa shape index (κ2) is 17.1. The van der Waals surface area contributed by atoms with Crippen LogP contribution < -0.4 is 20.1 Å². The fourth-order valence-corrected chi connectivity index (χ4v) is 7.05.